The molecule has 7 atom stereocenters. The van der Waals surface area contributed by atoms with E-state index in [0.717, 1.165) is 25.7 Å². The van der Waals surface area contributed by atoms with E-state index < -0.39 is 17.3 Å². The molecule has 0 aromatic carbocycles. The molecule has 0 aromatic heterocycles. The van der Waals surface area contributed by atoms with Crippen LogP contribution in [-0.2, 0) is 4.74 Å². The number of rotatable bonds is 0. The van der Waals surface area contributed by atoms with Gasteiger partial charge < -0.3 is 14.9 Å². The number of ether oxygens (including phenoxy) is 1. The van der Waals surface area contributed by atoms with E-state index in [2.05, 4.69) is 13.8 Å². The molecule has 2 aliphatic heterocycles. The minimum atomic E-state index is -0.743. The lowest BCUT2D eigenvalue weighted by molar-refractivity contribution is -0.317. The van der Waals surface area contributed by atoms with Crippen molar-refractivity contribution in [1.82, 2.24) is 0 Å². The average Bonchev–Trinajstić information content (AvgIpc) is 2.59. The second kappa shape index (κ2) is 3.50. The molecule has 3 heteroatoms. The molecule has 1 aliphatic carbocycles. The van der Waals surface area contributed by atoms with Gasteiger partial charge in [-0.05, 0) is 58.3 Å². The van der Waals surface area contributed by atoms with Crippen LogP contribution in [0.5, 0.6) is 0 Å². The lowest BCUT2D eigenvalue weighted by Gasteiger charge is -2.61. The summed E-state index contributed by atoms with van der Waals surface area (Å²) in [5.74, 6) is 0.602. The molecular formula is C15H26O3. The number of hydrogen-bond donors (Lipinski definition) is 2. The van der Waals surface area contributed by atoms with Crippen LogP contribution in [0.2, 0.25) is 0 Å². The molecule has 3 fully saturated rings. The fraction of sp³-hybridized carbons (Fsp3) is 1.00. The van der Waals surface area contributed by atoms with Crippen molar-refractivity contribution in [2.24, 2.45) is 17.8 Å². The number of hydrogen-bond acceptors (Lipinski definition) is 3. The zero-order chi connectivity index (χ0) is 13.3. The molecule has 0 spiro atoms. The summed E-state index contributed by atoms with van der Waals surface area (Å²) in [5, 5.41) is 21.4. The van der Waals surface area contributed by atoms with Crippen molar-refractivity contribution in [3.8, 4) is 0 Å². The number of fused-ring (bicyclic) bond motifs is 4. The smallest absolute Gasteiger partial charge is 0.0948 e. The highest BCUT2D eigenvalue weighted by atomic mass is 16.5. The first-order valence-corrected chi connectivity index (χ1v) is 7.31. The lowest BCUT2D eigenvalue weighted by atomic mass is 9.60. The summed E-state index contributed by atoms with van der Waals surface area (Å²) in [7, 11) is 0. The Labute approximate surface area is 110 Å². The summed E-state index contributed by atoms with van der Waals surface area (Å²) in [6, 6.07) is 0. The number of aliphatic hydroxyl groups excluding tert-OH is 1. The van der Waals surface area contributed by atoms with Crippen molar-refractivity contribution in [3.63, 3.8) is 0 Å². The van der Waals surface area contributed by atoms with Crippen molar-refractivity contribution in [3.05, 3.63) is 0 Å². The molecule has 0 radical (unpaired) electrons. The summed E-state index contributed by atoms with van der Waals surface area (Å²) in [4.78, 5) is 0. The Morgan fingerprint density at radius 3 is 2.44 bits per heavy atom. The Balaban J connectivity index is 2.06. The lowest BCUT2D eigenvalue weighted by Crippen LogP contribution is -2.69. The molecule has 2 bridgehead atoms. The normalized spacial score (nSPS) is 63.7. The number of aliphatic hydroxyl groups is 2. The Kier molecular flexibility index (Phi) is 2.51. The highest BCUT2D eigenvalue weighted by molar-refractivity contribution is 5.15. The van der Waals surface area contributed by atoms with E-state index in [1.165, 1.54) is 0 Å². The third kappa shape index (κ3) is 1.41. The minimum absolute atomic E-state index is 0.0380. The van der Waals surface area contributed by atoms with Crippen molar-refractivity contribution in [1.29, 1.82) is 0 Å². The zero-order valence-corrected chi connectivity index (χ0v) is 11.9. The van der Waals surface area contributed by atoms with Gasteiger partial charge in [0.25, 0.3) is 0 Å². The summed E-state index contributed by atoms with van der Waals surface area (Å²) < 4.78 is 6.37. The maximum atomic E-state index is 10.8. The monoisotopic (exact) mass is 254 g/mol. The maximum absolute atomic E-state index is 10.8. The van der Waals surface area contributed by atoms with Crippen molar-refractivity contribution >= 4 is 0 Å². The van der Waals surface area contributed by atoms with Gasteiger partial charge in [-0.3, -0.25) is 0 Å². The summed E-state index contributed by atoms with van der Waals surface area (Å²) >= 11 is 0. The van der Waals surface area contributed by atoms with E-state index in [-0.39, 0.29) is 11.5 Å². The molecule has 2 unspecified atom stereocenters. The molecule has 2 saturated heterocycles. The third-order valence-corrected chi connectivity index (χ3v) is 6.33. The molecular weight excluding hydrogens is 228 g/mol. The van der Waals surface area contributed by atoms with E-state index in [9.17, 15) is 10.2 Å². The van der Waals surface area contributed by atoms with Crippen LogP contribution in [0.3, 0.4) is 0 Å². The van der Waals surface area contributed by atoms with Crippen molar-refractivity contribution in [2.75, 3.05) is 0 Å². The van der Waals surface area contributed by atoms with Crippen LogP contribution in [0.25, 0.3) is 0 Å². The van der Waals surface area contributed by atoms with Gasteiger partial charge in [0.2, 0.25) is 0 Å². The second-order valence-electron chi connectivity index (χ2n) is 7.51. The fourth-order valence-electron chi connectivity index (χ4n) is 4.89. The van der Waals surface area contributed by atoms with Gasteiger partial charge in [-0.15, -0.1) is 0 Å². The van der Waals surface area contributed by atoms with Crippen LogP contribution in [-0.4, -0.2) is 33.1 Å². The van der Waals surface area contributed by atoms with Crippen LogP contribution in [0, 0.1) is 17.8 Å². The third-order valence-electron chi connectivity index (χ3n) is 6.33. The fourth-order valence-corrected chi connectivity index (χ4v) is 4.89. The van der Waals surface area contributed by atoms with Gasteiger partial charge in [-0.2, -0.15) is 0 Å². The highest BCUT2D eigenvalue weighted by Gasteiger charge is 2.66. The molecule has 3 rings (SSSR count). The van der Waals surface area contributed by atoms with Crippen LogP contribution in [0.15, 0.2) is 0 Å². The molecule has 0 amide bonds. The van der Waals surface area contributed by atoms with Crippen LogP contribution in [0.1, 0.15) is 53.4 Å². The van der Waals surface area contributed by atoms with Gasteiger partial charge in [0, 0.05) is 5.92 Å². The Hall–Kier alpha value is -0.120. The average molecular weight is 254 g/mol. The Bertz CT molecular complexity index is 367. The van der Waals surface area contributed by atoms with Crippen LogP contribution in [0.4, 0.5) is 0 Å². The molecule has 104 valence electrons. The van der Waals surface area contributed by atoms with E-state index >= 15 is 0 Å². The zero-order valence-electron chi connectivity index (χ0n) is 11.9. The highest BCUT2D eigenvalue weighted by Crippen LogP contribution is 2.60. The Morgan fingerprint density at radius 1 is 1.11 bits per heavy atom. The van der Waals surface area contributed by atoms with Gasteiger partial charge in [0.15, 0.2) is 0 Å². The van der Waals surface area contributed by atoms with Gasteiger partial charge >= 0.3 is 0 Å². The topological polar surface area (TPSA) is 49.7 Å². The predicted octanol–water partition coefficient (Wildman–Crippen LogP) is 2.10. The van der Waals surface area contributed by atoms with E-state index in [1.54, 1.807) is 0 Å². The molecule has 3 aliphatic rings. The Morgan fingerprint density at radius 2 is 1.78 bits per heavy atom. The largest absolute Gasteiger partial charge is 0.390 e. The summed E-state index contributed by atoms with van der Waals surface area (Å²) in [6.45, 7) is 8.26. The predicted molar refractivity (Wildman–Crippen MR) is 69.1 cm³/mol. The standard InChI is InChI=1S/C15H26O3/c1-9-5-8-14(3)10-6-7-13(2,17)11(10)12(16)15(9,4)18-14/h9-12,16-17H,5-8H2,1-4H3/t9-,10+,11+,12-,13-,14?,15?/m0/s1. The van der Waals surface area contributed by atoms with Crippen molar-refractivity contribution in [2.45, 2.75) is 76.3 Å². The summed E-state index contributed by atoms with van der Waals surface area (Å²) in [5.41, 5.74) is -1.40. The summed E-state index contributed by atoms with van der Waals surface area (Å²) in [6.07, 6.45) is 3.35. The first-order valence-electron chi connectivity index (χ1n) is 7.31. The molecule has 1 saturated carbocycles. The van der Waals surface area contributed by atoms with Gasteiger partial charge in [-0.25, -0.2) is 0 Å². The van der Waals surface area contributed by atoms with E-state index in [0.29, 0.717) is 11.8 Å². The molecule has 2 heterocycles. The van der Waals surface area contributed by atoms with Crippen LogP contribution < -0.4 is 0 Å². The molecule has 2 N–H and O–H groups in total. The van der Waals surface area contributed by atoms with Crippen LogP contribution >= 0.6 is 0 Å². The SMILES string of the molecule is C[C@H]1CCC2(C)OC1(C)[C@@H](O)[C@H]1[C@H]2CC[C@]1(C)O. The second-order valence-corrected chi connectivity index (χ2v) is 7.51. The maximum Gasteiger partial charge on any atom is 0.0948 e. The quantitative estimate of drug-likeness (QED) is 0.696. The van der Waals surface area contributed by atoms with Crippen molar-refractivity contribution < 1.29 is 14.9 Å². The molecule has 0 aromatic rings. The molecule has 18 heavy (non-hydrogen) atoms. The first-order chi connectivity index (χ1) is 8.21. The molecule has 3 nitrogen and oxygen atoms in total. The van der Waals surface area contributed by atoms with Gasteiger partial charge in [0.1, 0.15) is 0 Å². The first kappa shape index (κ1) is 12.9. The van der Waals surface area contributed by atoms with E-state index in [4.69, 9.17) is 4.74 Å². The van der Waals surface area contributed by atoms with E-state index in [1.807, 2.05) is 13.8 Å². The van der Waals surface area contributed by atoms with Gasteiger partial charge in [-0.1, -0.05) is 6.92 Å². The minimum Gasteiger partial charge on any atom is -0.390 e. The van der Waals surface area contributed by atoms with Gasteiger partial charge in [0.05, 0.1) is 22.9 Å².